The summed E-state index contributed by atoms with van der Waals surface area (Å²) in [7, 11) is 0. The van der Waals surface area contributed by atoms with E-state index in [0.717, 1.165) is 6.42 Å². The van der Waals surface area contributed by atoms with Gasteiger partial charge in [0.15, 0.2) is 0 Å². The fourth-order valence-corrected chi connectivity index (χ4v) is 0.797. The second-order valence-electron chi connectivity index (χ2n) is 2.29. The number of hydrogen-bond donors (Lipinski definition) is 1. The second kappa shape index (κ2) is 6.84. The summed E-state index contributed by atoms with van der Waals surface area (Å²) in [6.45, 7) is 5.29. The van der Waals surface area contributed by atoms with E-state index in [1.54, 1.807) is 22.6 Å². The first kappa shape index (κ1) is 11.2. The molecule has 0 saturated carbocycles. The van der Waals surface area contributed by atoms with Crippen molar-refractivity contribution >= 4 is 26.5 Å². The smallest absolute Gasteiger partial charge is 0.280 e. The molecule has 1 atom stereocenters. The van der Waals surface area contributed by atoms with Crippen molar-refractivity contribution in [3.63, 3.8) is 0 Å². The Hall–Kier alpha value is 0.160. The Bertz CT molecular complexity index is 119. The lowest BCUT2D eigenvalue weighted by atomic mass is 10.3. The predicted molar refractivity (Wildman–Crippen MR) is 53.1 cm³/mol. The van der Waals surface area contributed by atoms with Crippen LogP contribution in [0.2, 0.25) is 0 Å². The fourth-order valence-electron chi connectivity index (χ4n) is 0.527. The molecule has 0 aromatic heterocycles. The predicted octanol–water partition coefficient (Wildman–Crippen LogP) is 1.95. The molecule has 0 radical (unpaired) electrons. The van der Waals surface area contributed by atoms with Gasteiger partial charge in [-0.15, -0.1) is 0 Å². The molecule has 11 heavy (non-hydrogen) atoms. The molecule has 0 aliphatic carbocycles. The molecule has 0 saturated heterocycles. The van der Waals surface area contributed by atoms with Crippen LogP contribution < -0.4 is 5.32 Å². The van der Waals surface area contributed by atoms with E-state index in [4.69, 9.17) is 4.74 Å². The van der Waals surface area contributed by atoms with Crippen LogP contribution in [0.25, 0.3) is 0 Å². The van der Waals surface area contributed by atoms with Gasteiger partial charge in [-0.05, 0) is 13.3 Å². The molecular formula is C7H14INO2. The molecule has 4 heteroatoms. The van der Waals surface area contributed by atoms with Crippen LogP contribution in [0.15, 0.2) is 0 Å². The minimum absolute atomic E-state index is 0.0321. The summed E-state index contributed by atoms with van der Waals surface area (Å²) in [5.74, 6) is 0. The molecule has 0 spiro atoms. The van der Waals surface area contributed by atoms with Crippen molar-refractivity contribution in [2.75, 3.05) is 13.2 Å². The van der Waals surface area contributed by atoms with Crippen LogP contribution in [0.4, 0.5) is 4.79 Å². The van der Waals surface area contributed by atoms with E-state index in [0.29, 0.717) is 19.3 Å². The molecule has 1 unspecified atom stereocenters. The highest BCUT2D eigenvalue weighted by molar-refractivity contribution is 14.1. The van der Waals surface area contributed by atoms with Crippen LogP contribution in [0.5, 0.6) is 0 Å². The second-order valence-corrected chi connectivity index (χ2v) is 3.27. The van der Waals surface area contributed by atoms with Crippen molar-refractivity contribution in [3.8, 4) is 0 Å². The van der Waals surface area contributed by atoms with Crippen molar-refractivity contribution in [1.29, 1.82) is 0 Å². The number of carbonyl (C=O) groups excluding carboxylic acids is 1. The van der Waals surface area contributed by atoms with Gasteiger partial charge in [0.25, 0.3) is 3.91 Å². The zero-order chi connectivity index (χ0) is 8.69. The van der Waals surface area contributed by atoms with Crippen LogP contribution in [-0.2, 0) is 4.74 Å². The fraction of sp³-hybridized carbons (Fsp3) is 0.857. The van der Waals surface area contributed by atoms with Gasteiger partial charge in [0.1, 0.15) is 0 Å². The van der Waals surface area contributed by atoms with Gasteiger partial charge < -0.3 is 10.1 Å². The molecule has 0 aliphatic rings. The van der Waals surface area contributed by atoms with E-state index < -0.39 is 0 Å². The molecule has 0 heterocycles. The first-order valence-electron chi connectivity index (χ1n) is 3.71. The minimum atomic E-state index is -0.0321. The zero-order valence-corrected chi connectivity index (χ0v) is 9.05. The Morgan fingerprint density at radius 1 is 1.73 bits per heavy atom. The summed E-state index contributed by atoms with van der Waals surface area (Å²) >= 11 is 1.70. The molecule has 0 aromatic rings. The highest BCUT2D eigenvalue weighted by atomic mass is 127. The Morgan fingerprint density at radius 3 is 2.82 bits per heavy atom. The number of ether oxygens (including phenoxy) is 1. The maximum Gasteiger partial charge on any atom is 0.280 e. The van der Waals surface area contributed by atoms with Crippen LogP contribution in [0.1, 0.15) is 20.3 Å². The maximum absolute atomic E-state index is 10.4. The molecule has 1 amide bonds. The van der Waals surface area contributed by atoms with E-state index in [9.17, 15) is 4.79 Å². The monoisotopic (exact) mass is 271 g/mol. The van der Waals surface area contributed by atoms with Crippen LogP contribution in [-0.4, -0.2) is 23.2 Å². The summed E-state index contributed by atoms with van der Waals surface area (Å²) in [5.41, 5.74) is 0. The molecule has 0 aliphatic heterocycles. The third-order valence-corrected chi connectivity index (χ3v) is 1.72. The molecule has 0 bridgehead atoms. The molecule has 0 aromatic carbocycles. The Labute approximate surface area is 81.0 Å². The Kier molecular flexibility index (Phi) is 6.94. The van der Waals surface area contributed by atoms with Gasteiger partial charge in [0.05, 0.1) is 12.7 Å². The lowest BCUT2D eigenvalue weighted by Gasteiger charge is -2.09. The average molecular weight is 271 g/mol. The van der Waals surface area contributed by atoms with E-state index in [1.165, 1.54) is 0 Å². The molecule has 3 nitrogen and oxygen atoms in total. The van der Waals surface area contributed by atoms with Crippen molar-refractivity contribution < 1.29 is 9.53 Å². The third-order valence-electron chi connectivity index (χ3n) is 1.34. The average Bonchev–Trinajstić information content (AvgIpc) is 1.97. The van der Waals surface area contributed by atoms with Crippen LogP contribution >= 0.6 is 22.6 Å². The lowest BCUT2D eigenvalue weighted by molar-refractivity contribution is 0.0670. The highest BCUT2D eigenvalue weighted by Crippen LogP contribution is 1.94. The molecule has 1 N–H and O–H groups in total. The Balaban J connectivity index is 3.08. The van der Waals surface area contributed by atoms with Gasteiger partial charge in [-0.2, -0.15) is 0 Å². The number of carbonyl (C=O) groups is 1. The zero-order valence-electron chi connectivity index (χ0n) is 6.89. The number of amides is 1. The summed E-state index contributed by atoms with van der Waals surface area (Å²) < 4.78 is 5.29. The number of nitrogens with one attached hydrogen (secondary N) is 1. The number of halogens is 1. The van der Waals surface area contributed by atoms with Gasteiger partial charge in [-0.1, -0.05) is 6.92 Å². The van der Waals surface area contributed by atoms with Crippen LogP contribution in [0, 0.1) is 0 Å². The third kappa shape index (κ3) is 8.06. The first-order valence-corrected chi connectivity index (χ1v) is 4.79. The van der Waals surface area contributed by atoms with E-state index in [-0.39, 0.29) is 3.91 Å². The van der Waals surface area contributed by atoms with Crippen molar-refractivity contribution in [3.05, 3.63) is 0 Å². The Morgan fingerprint density at radius 2 is 2.36 bits per heavy atom. The quantitative estimate of drug-likeness (QED) is 0.359. The largest absolute Gasteiger partial charge is 0.377 e. The van der Waals surface area contributed by atoms with E-state index in [1.807, 2.05) is 6.92 Å². The summed E-state index contributed by atoms with van der Waals surface area (Å²) in [5, 5.41) is 2.65. The summed E-state index contributed by atoms with van der Waals surface area (Å²) in [6, 6.07) is 0. The van der Waals surface area contributed by atoms with Gasteiger partial charge >= 0.3 is 0 Å². The van der Waals surface area contributed by atoms with E-state index in [2.05, 4.69) is 12.2 Å². The van der Waals surface area contributed by atoms with Crippen molar-refractivity contribution in [2.45, 2.75) is 26.4 Å². The van der Waals surface area contributed by atoms with Crippen molar-refractivity contribution in [1.82, 2.24) is 5.32 Å². The maximum atomic E-state index is 10.4. The van der Waals surface area contributed by atoms with Gasteiger partial charge in [0, 0.05) is 29.1 Å². The van der Waals surface area contributed by atoms with Crippen LogP contribution in [0.3, 0.4) is 0 Å². The minimum Gasteiger partial charge on any atom is -0.377 e. The summed E-state index contributed by atoms with van der Waals surface area (Å²) in [6.07, 6.45) is 1.30. The van der Waals surface area contributed by atoms with E-state index >= 15 is 0 Å². The number of rotatable bonds is 5. The van der Waals surface area contributed by atoms with Gasteiger partial charge in [-0.3, -0.25) is 4.79 Å². The molecular weight excluding hydrogens is 257 g/mol. The molecule has 66 valence electrons. The standard InChI is InChI=1S/C7H14INO2/c1-3-6(2)11-5-4-9-7(8)10/h6H,3-5H2,1-2H3,(H,9,10). The highest BCUT2D eigenvalue weighted by Gasteiger charge is 1.97. The van der Waals surface area contributed by atoms with Crippen molar-refractivity contribution in [2.24, 2.45) is 0 Å². The van der Waals surface area contributed by atoms with Gasteiger partial charge in [-0.25, -0.2) is 0 Å². The SMILES string of the molecule is CCC(C)OCCNC(=O)I. The first-order chi connectivity index (χ1) is 5.16. The topological polar surface area (TPSA) is 38.3 Å². The normalized spacial score (nSPS) is 12.6. The summed E-state index contributed by atoms with van der Waals surface area (Å²) in [4.78, 5) is 10.4. The molecule has 0 fully saturated rings. The van der Waals surface area contributed by atoms with Gasteiger partial charge in [0.2, 0.25) is 0 Å². The molecule has 0 rings (SSSR count). The number of hydrogen-bond acceptors (Lipinski definition) is 2. The lowest BCUT2D eigenvalue weighted by Crippen LogP contribution is -2.23.